The minimum Gasteiger partial charge on any atom is -0.399 e. The number of carbonyl (C=O) groups excluding carboxylic acids is 2. The van der Waals surface area contributed by atoms with Crippen molar-refractivity contribution in [1.29, 1.82) is 0 Å². The van der Waals surface area contributed by atoms with Gasteiger partial charge in [-0.1, -0.05) is 36.4 Å². The average molecular weight is 388 g/mol. The molecule has 2 aromatic carbocycles. The zero-order chi connectivity index (χ0) is 18.5. The van der Waals surface area contributed by atoms with Gasteiger partial charge in [-0.15, -0.1) is 12.4 Å². The second kappa shape index (κ2) is 9.42. The van der Waals surface area contributed by atoms with Crippen LogP contribution in [0.3, 0.4) is 0 Å². The van der Waals surface area contributed by atoms with Crippen LogP contribution in [0.25, 0.3) is 0 Å². The zero-order valence-corrected chi connectivity index (χ0v) is 16.2. The molecule has 27 heavy (non-hydrogen) atoms. The molecule has 6 heteroatoms. The second-order valence-corrected chi connectivity index (χ2v) is 6.84. The number of fused-ring (bicyclic) bond motifs is 1. The van der Waals surface area contributed by atoms with Gasteiger partial charge in [0.05, 0.1) is 18.5 Å². The Kier molecular flexibility index (Phi) is 7.25. The van der Waals surface area contributed by atoms with Gasteiger partial charge < -0.3 is 16.4 Å². The van der Waals surface area contributed by atoms with E-state index in [0.29, 0.717) is 0 Å². The lowest BCUT2D eigenvalue weighted by molar-refractivity contribution is -0.123. The average Bonchev–Trinajstić information content (AvgIpc) is 2.61. The van der Waals surface area contributed by atoms with Gasteiger partial charge in [-0.05, 0) is 48.1 Å². The normalized spacial score (nSPS) is 16.4. The molecule has 3 rings (SSSR count). The van der Waals surface area contributed by atoms with E-state index in [4.69, 9.17) is 5.73 Å². The smallest absolute Gasteiger partial charge is 0.222 e. The van der Waals surface area contributed by atoms with Crippen LogP contribution in [0.5, 0.6) is 0 Å². The number of nitrogen functional groups attached to an aromatic ring is 1. The first kappa shape index (κ1) is 20.8. The van der Waals surface area contributed by atoms with Crippen LogP contribution >= 0.6 is 12.4 Å². The summed E-state index contributed by atoms with van der Waals surface area (Å²) in [6.45, 7) is 1.47. The Morgan fingerprint density at radius 1 is 1.19 bits per heavy atom. The lowest BCUT2D eigenvalue weighted by Crippen LogP contribution is -2.35. The topological polar surface area (TPSA) is 84.2 Å². The van der Waals surface area contributed by atoms with Crippen molar-refractivity contribution in [3.63, 3.8) is 0 Å². The number of benzene rings is 2. The molecule has 1 aliphatic rings. The highest BCUT2D eigenvalue weighted by molar-refractivity contribution is 5.85. The van der Waals surface area contributed by atoms with Gasteiger partial charge in [0.25, 0.3) is 0 Å². The van der Waals surface area contributed by atoms with E-state index in [1.807, 2.05) is 48.5 Å². The van der Waals surface area contributed by atoms with Crippen LogP contribution in [0, 0.1) is 0 Å². The summed E-state index contributed by atoms with van der Waals surface area (Å²) in [5, 5.41) is 6.01. The van der Waals surface area contributed by atoms with Gasteiger partial charge in [0.15, 0.2) is 0 Å². The third-order valence-electron chi connectivity index (χ3n) is 4.79. The van der Waals surface area contributed by atoms with Crippen molar-refractivity contribution in [1.82, 2.24) is 10.6 Å². The molecule has 2 atom stereocenters. The molecule has 0 aromatic heterocycles. The summed E-state index contributed by atoms with van der Waals surface area (Å²) < 4.78 is 0. The molecule has 0 saturated carbocycles. The Hall–Kier alpha value is -2.53. The van der Waals surface area contributed by atoms with Crippen molar-refractivity contribution in [2.45, 2.75) is 44.7 Å². The van der Waals surface area contributed by atoms with E-state index >= 15 is 0 Å². The van der Waals surface area contributed by atoms with Gasteiger partial charge in [0, 0.05) is 12.6 Å². The van der Waals surface area contributed by atoms with E-state index in [1.54, 1.807) is 0 Å². The molecule has 0 heterocycles. The van der Waals surface area contributed by atoms with Crippen LogP contribution < -0.4 is 16.4 Å². The van der Waals surface area contributed by atoms with Crippen LogP contribution in [0.2, 0.25) is 0 Å². The molecule has 2 aromatic rings. The Balaban J connectivity index is 0.00000261. The molecule has 2 unspecified atom stereocenters. The maximum atomic E-state index is 12.7. The predicted octanol–water partition coefficient (Wildman–Crippen LogP) is 3.45. The summed E-state index contributed by atoms with van der Waals surface area (Å²) in [6, 6.07) is 15.1. The summed E-state index contributed by atoms with van der Waals surface area (Å²) in [5.41, 5.74) is 9.92. The van der Waals surface area contributed by atoms with Crippen LogP contribution in [0.4, 0.5) is 5.69 Å². The highest BCUT2D eigenvalue weighted by Gasteiger charge is 2.24. The number of hydrogen-bond acceptors (Lipinski definition) is 3. The fourth-order valence-corrected chi connectivity index (χ4v) is 3.61. The molecule has 4 N–H and O–H groups in total. The van der Waals surface area contributed by atoms with E-state index in [9.17, 15) is 9.59 Å². The third-order valence-corrected chi connectivity index (χ3v) is 4.79. The maximum Gasteiger partial charge on any atom is 0.222 e. The Labute approximate surface area is 166 Å². The zero-order valence-electron chi connectivity index (χ0n) is 15.4. The highest BCUT2D eigenvalue weighted by Crippen LogP contribution is 2.31. The fraction of sp³-hybridized carbons (Fsp3) is 0.333. The number of hydrogen-bond donors (Lipinski definition) is 3. The van der Waals surface area contributed by atoms with E-state index in [0.717, 1.165) is 36.1 Å². The molecule has 144 valence electrons. The van der Waals surface area contributed by atoms with Gasteiger partial charge in [-0.25, -0.2) is 0 Å². The standard InChI is InChI=1S/C21H25N3O2.ClH/c1-14(25)23-20(15-6-3-2-4-7-15)13-21(26)24-19-9-5-8-16-12-17(22)10-11-18(16)19;/h2-4,6-7,10-12,19-20H,5,8-9,13,22H2,1H3,(H,23,25)(H,24,26);1H. The summed E-state index contributed by atoms with van der Waals surface area (Å²) in [4.78, 5) is 24.2. The molecule has 0 radical (unpaired) electrons. The first-order chi connectivity index (χ1) is 12.5. The summed E-state index contributed by atoms with van der Waals surface area (Å²) in [6.07, 6.45) is 3.14. The molecular weight excluding hydrogens is 362 g/mol. The maximum absolute atomic E-state index is 12.7. The largest absolute Gasteiger partial charge is 0.399 e. The van der Waals surface area contributed by atoms with Gasteiger partial charge in [-0.3, -0.25) is 9.59 Å². The van der Waals surface area contributed by atoms with Gasteiger partial charge in [-0.2, -0.15) is 0 Å². The van der Waals surface area contributed by atoms with Crippen molar-refractivity contribution >= 4 is 29.9 Å². The number of nitrogens with one attached hydrogen (secondary N) is 2. The van der Waals surface area contributed by atoms with E-state index in [1.165, 1.54) is 12.5 Å². The predicted molar refractivity (Wildman–Crippen MR) is 110 cm³/mol. The van der Waals surface area contributed by atoms with Crippen LogP contribution in [0.1, 0.15) is 55.0 Å². The quantitative estimate of drug-likeness (QED) is 0.687. The minimum atomic E-state index is -0.330. The van der Waals surface area contributed by atoms with E-state index in [-0.39, 0.29) is 42.7 Å². The Morgan fingerprint density at radius 2 is 1.93 bits per heavy atom. The van der Waals surface area contributed by atoms with Gasteiger partial charge in [0.2, 0.25) is 11.8 Å². The van der Waals surface area contributed by atoms with E-state index < -0.39 is 0 Å². The number of amides is 2. The number of rotatable bonds is 5. The number of anilines is 1. The van der Waals surface area contributed by atoms with Crippen molar-refractivity contribution in [2.75, 3.05) is 5.73 Å². The van der Waals surface area contributed by atoms with Gasteiger partial charge in [0.1, 0.15) is 0 Å². The Bertz CT molecular complexity index is 795. The first-order valence-corrected chi connectivity index (χ1v) is 9.02. The van der Waals surface area contributed by atoms with Crippen LogP contribution in [-0.2, 0) is 16.0 Å². The molecule has 0 fully saturated rings. The van der Waals surface area contributed by atoms with Crippen molar-refractivity contribution in [3.05, 3.63) is 65.2 Å². The SMILES string of the molecule is CC(=O)NC(CC(=O)NC1CCCc2cc(N)ccc21)c1ccccc1.Cl. The van der Waals surface area contributed by atoms with Crippen molar-refractivity contribution in [2.24, 2.45) is 0 Å². The molecule has 1 aliphatic carbocycles. The summed E-state index contributed by atoms with van der Waals surface area (Å²) >= 11 is 0. The molecule has 0 bridgehead atoms. The molecule has 0 spiro atoms. The molecule has 0 saturated heterocycles. The first-order valence-electron chi connectivity index (χ1n) is 9.02. The number of carbonyl (C=O) groups is 2. The molecule has 5 nitrogen and oxygen atoms in total. The third kappa shape index (κ3) is 5.47. The van der Waals surface area contributed by atoms with E-state index in [2.05, 4.69) is 10.6 Å². The van der Waals surface area contributed by atoms with Crippen LogP contribution in [-0.4, -0.2) is 11.8 Å². The lowest BCUT2D eigenvalue weighted by atomic mass is 9.87. The number of nitrogens with two attached hydrogens (primary N) is 1. The van der Waals surface area contributed by atoms with Gasteiger partial charge >= 0.3 is 0 Å². The highest BCUT2D eigenvalue weighted by atomic mass is 35.5. The minimum absolute atomic E-state index is 0. The lowest BCUT2D eigenvalue weighted by Gasteiger charge is -2.27. The summed E-state index contributed by atoms with van der Waals surface area (Å²) in [7, 11) is 0. The molecular formula is C21H26ClN3O2. The Morgan fingerprint density at radius 3 is 2.63 bits per heavy atom. The fourth-order valence-electron chi connectivity index (χ4n) is 3.61. The molecule has 0 aliphatic heterocycles. The summed E-state index contributed by atoms with van der Waals surface area (Å²) in [5.74, 6) is -0.215. The monoisotopic (exact) mass is 387 g/mol. The van der Waals surface area contributed by atoms with Crippen molar-refractivity contribution in [3.8, 4) is 0 Å². The molecule has 2 amide bonds. The van der Waals surface area contributed by atoms with Crippen molar-refractivity contribution < 1.29 is 9.59 Å². The van der Waals surface area contributed by atoms with Crippen LogP contribution in [0.15, 0.2) is 48.5 Å². The second-order valence-electron chi connectivity index (χ2n) is 6.84. The number of aryl methyl sites for hydroxylation is 1. The number of halogens is 1.